The Kier molecular flexibility index (Phi) is 8.45. The largest absolute Gasteiger partial charge is 0.387 e. The Morgan fingerprint density at radius 1 is 1.13 bits per heavy atom. The number of likely N-dealkylation sites (N-methyl/N-ethyl adjacent to an activating group) is 1. The van der Waals surface area contributed by atoms with Crippen molar-refractivity contribution in [2.24, 2.45) is 0 Å². The topological polar surface area (TPSA) is 201 Å². The molecule has 14 heteroatoms. The van der Waals surface area contributed by atoms with Gasteiger partial charge in [0.05, 0.1) is 6.33 Å². The van der Waals surface area contributed by atoms with Crippen LogP contribution in [0.1, 0.15) is 36.1 Å². The number of H-pyrrole nitrogens is 1. The van der Waals surface area contributed by atoms with E-state index in [1.54, 1.807) is 13.1 Å². The molecule has 7 N–H and O–H groups in total. The molecule has 5 aromatic rings. The Labute approximate surface area is 258 Å². The van der Waals surface area contributed by atoms with E-state index in [2.05, 4.69) is 54.5 Å². The lowest BCUT2D eigenvalue weighted by Crippen LogP contribution is -2.54. The number of carbonyl (C=O) groups is 1. The van der Waals surface area contributed by atoms with Crippen molar-refractivity contribution in [3.05, 3.63) is 96.3 Å². The number of aryl methyl sites for hydroxylation is 1. The number of fused-ring (bicyclic) bond motifs is 1. The molecular weight excluding hydrogens is 578 g/mol. The molecule has 1 saturated heterocycles. The zero-order valence-electron chi connectivity index (χ0n) is 24.6. The highest BCUT2D eigenvalue weighted by Gasteiger charge is 2.57. The molecule has 4 heterocycles. The number of amides is 1. The van der Waals surface area contributed by atoms with Crippen molar-refractivity contribution in [2.75, 3.05) is 29.1 Å². The second kappa shape index (κ2) is 12.6. The second-order valence-corrected chi connectivity index (χ2v) is 10.9. The Balaban J connectivity index is 1.25. The van der Waals surface area contributed by atoms with Crippen molar-refractivity contribution >= 4 is 28.8 Å². The van der Waals surface area contributed by atoms with Crippen LogP contribution in [0.15, 0.2) is 79.5 Å². The standard InChI is InChI=1S/C31H35N9O5/c1-2-39(28(42)24-25(41)31(44,29(43)45-24)14-13-21-15-33-17-35-21)40-27-23(38-30(40)32)26(36-18-37-27)34-16-22(19-9-5-3-6-10-19)20-11-7-4-8-12-20/h3-12,15,17-18,22,24-25,29,41,43-44H,2,13-14,16H2,1H3,(H2,32,38)(H,33,35)(H,34,36,37)/t24-,25+,29+,31+/m0/s1. The van der Waals surface area contributed by atoms with Gasteiger partial charge < -0.3 is 36.1 Å². The van der Waals surface area contributed by atoms with Crippen LogP contribution in [0.5, 0.6) is 0 Å². The van der Waals surface area contributed by atoms with Crippen molar-refractivity contribution in [1.82, 2.24) is 29.6 Å². The summed E-state index contributed by atoms with van der Waals surface area (Å²) in [6, 6.07) is 20.2. The number of benzene rings is 2. The summed E-state index contributed by atoms with van der Waals surface area (Å²) in [6.07, 6.45) is -0.543. The lowest BCUT2D eigenvalue weighted by Gasteiger charge is -2.29. The van der Waals surface area contributed by atoms with Crippen LogP contribution < -0.4 is 16.1 Å². The highest BCUT2D eigenvalue weighted by Crippen LogP contribution is 2.35. The van der Waals surface area contributed by atoms with Crippen LogP contribution in [0, 0.1) is 0 Å². The highest BCUT2D eigenvalue weighted by atomic mass is 16.7. The first-order valence-electron chi connectivity index (χ1n) is 14.7. The normalized spacial score (nSPS) is 21.4. The molecule has 0 radical (unpaired) electrons. The molecule has 3 aromatic heterocycles. The average Bonchev–Trinajstić information content (AvgIpc) is 3.76. The quantitative estimate of drug-likeness (QED) is 0.125. The van der Waals surface area contributed by atoms with Crippen LogP contribution in [0.25, 0.3) is 11.2 Å². The summed E-state index contributed by atoms with van der Waals surface area (Å²) >= 11 is 0. The van der Waals surface area contributed by atoms with Crippen LogP contribution in [0.4, 0.5) is 11.8 Å². The molecule has 1 amide bonds. The van der Waals surface area contributed by atoms with E-state index in [1.165, 1.54) is 22.3 Å². The summed E-state index contributed by atoms with van der Waals surface area (Å²) in [5.74, 6) is -0.362. The van der Waals surface area contributed by atoms with E-state index in [4.69, 9.17) is 10.5 Å². The number of anilines is 2. The maximum absolute atomic E-state index is 13.8. The van der Waals surface area contributed by atoms with Crippen LogP contribution in [0.3, 0.4) is 0 Å². The first-order chi connectivity index (χ1) is 21.8. The van der Waals surface area contributed by atoms with Crippen molar-refractivity contribution in [3.63, 3.8) is 0 Å². The maximum Gasteiger partial charge on any atom is 0.273 e. The van der Waals surface area contributed by atoms with Crippen LogP contribution in [0.2, 0.25) is 0 Å². The highest BCUT2D eigenvalue weighted by molar-refractivity contribution is 5.94. The number of aliphatic hydroxyl groups is 3. The molecule has 2 aromatic carbocycles. The Hall–Kier alpha value is -4.89. The second-order valence-electron chi connectivity index (χ2n) is 10.9. The molecule has 0 spiro atoms. The minimum Gasteiger partial charge on any atom is -0.387 e. The Bertz CT molecular complexity index is 1700. The van der Waals surface area contributed by atoms with Gasteiger partial charge in [0.2, 0.25) is 5.95 Å². The van der Waals surface area contributed by atoms with Gasteiger partial charge in [0, 0.05) is 30.9 Å². The molecule has 4 atom stereocenters. The van der Waals surface area contributed by atoms with Crippen LogP contribution in [-0.4, -0.2) is 88.0 Å². The van der Waals surface area contributed by atoms with Gasteiger partial charge >= 0.3 is 0 Å². The number of aromatic nitrogens is 6. The monoisotopic (exact) mass is 613 g/mol. The Morgan fingerprint density at radius 2 is 1.82 bits per heavy atom. The molecule has 0 saturated carbocycles. The SMILES string of the molecule is CCN(C(=O)[C@H]1O[C@@H](O)[C@@](O)(CCc2cnc[nH]2)[C@@H]1O)n1c(N)nc2c(NCC(c3ccccc3)c3ccccc3)ncnc21. The molecular formula is C31H35N9O5. The van der Waals surface area contributed by atoms with Crippen molar-refractivity contribution < 1.29 is 24.9 Å². The molecule has 0 aliphatic carbocycles. The van der Waals surface area contributed by atoms with E-state index in [0.29, 0.717) is 23.6 Å². The molecule has 6 rings (SSSR count). The number of imidazole rings is 2. The fourth-order valence-electron chi connectivity index (χ4n) is 5.77. The molecule has 1 fully saturated rings. The fraction of sp³-hybridized carbons (Fsp3) is 0.323. The molecule has 0 unspecified atom stereocenters. The molecule has 1 aliphatic rings. The van der Waals surface area contributed by atoms with Gasteiger partial charge in [0.25, 0.3) is 5.91 Å². The van der Waals surface area contributed by atoms with Gasteiger partial charge in [-0.15, -0.1) is 0 Å². The molecule has 14 nitrogen and oxygen atoms in total. The van der Waals surface area contributed by atoms with Gasteiger partial charge in [0.15, 0.2) is 29.4 Å². The molecule has 45 heavy (non-hydrogen) atoms. The van der Waals surface area contributed by atoms with Crippen LogP contribution in [-0.2, 0) is 16.0 Å². The molecule has 1 aliphatic heterocycles. The molecule has 0 bridgehead atoms. The van der Waals surface area contributed by atoms with Gasteiger partial charge in [-0.1, -0.05) is 60.7 Å². The van der Waals surface area contributed by atoms with Gasteiger partial charge in [-0.25, -0.2) is 24.9 Å². The predicted molar refractivity (Wildman–Crippen MR) is 165 cm³/mol. The number of hydrogen-bond acceptors (Lipinski definition) is 11. The summed E-state index contributed by atoms with van der Waals surface area (Å²) in [6.45, 7) is 2.27. The Morgan fingerprint density at radius 3 is 2.44 bits per heavy atom. The fourth-order valence-corrected chi connectivity index (χ4v) is 5.77. The number of ether oxygens (including phenoxy) is 1. The maximum atomic E-state index is 13.8. The number of aliphatic hydroxyl groups excluding tert-OH is 2. The van der Waals surface area contributed by atoms with E-state index >= 15 is 0 Å². The van der Waals surface area contributed by atoms with E-state index in [0.717, 1.165) is 11.1 Å². The van der Waals surface area contributed by atoms with E-state index in [-0.39, 0.29) is 36.9 Å². The number of nitrogens with zero attached hydrogens (tertiary/aromatic N) is 6. The minimum absolute atomic E-state index is 0.00464. The third-order valence-corrected chi connectivity index (χ3v) is 8.21. The first-order valence-corrected chi connectivity index (χ1v) is 14.7. The number of nitrogen functional groups attached to an aromatic ring is 1. The number of hydrogen-bond donors (Lipinski definition) is 6. The van der Waals surface area contributed by atoms with E-state index in [1.807, 2.05) is 36.4 Å². The minimum atomic E-state index is -2.10. The summed E-state index contributed by atoms with van der Waals surface area (Å²) < 4.78 is 6.77. The molecule has 234 valence electrons. The first kappa shape index (κ1) is 30.1. The summed E-state index contributed by atoms with van der Waals surface area (Å²) in [5, 5.41) is 37.4. The lowest BCUT2D eigenvalue weighted by atomic mass is 9.89. The summed E-state index contributed by atoms with van der Waals surface area (Å²) in [7, 11) is 0. The van der Waals surface area contributed by atoms with Gasteiger partial charge in [-0.2, -0.15) is 4.68 Å². The van der Waals surface area contributed by atoms with E-state index in [9.17, 15) is 20.1 Å². The van der Waals surface area contributed by atoms with Crippen LogP contribution >= 0.6 is 0 Å². The van der Waals surface area contributed by atoms with Gasteiger partial charge in [-0.3, -0.25) is 4.79 Å². The zero-order chi connectivity index (χ0) is 31.6. The van der Waals surface area contributed by atoms with E-state index < -0.39 is 30.0 Å². The summed E-state index contributed by atoms with van der Waals surface area (Å²) in [4.78, 5) is 33.9. The number of rotatable bonds is 11. The van der Waals surface area contributed by atoms with Gasteiger partial charge in [0.1, 0.15) is 18.0 Å². The zero-order valence-corrected chi connectivity index (χ0v) is 24.6. The third kappa shape index (κ3) is 5.71. The smallest absolute Gasteiger partial charge is 0.273 e. The number of aromatic amines is 1. The predicted octanol–water partition coefficient (Wildman–Crippen LogP) is 1.30. The van der Waals surface area contributed by atoms with Crippen molar-refractivity contribution in [2.45, 2.75) is 49.8 Å². The van der Waals surface area contributed by atoms with Crippen molar-refractivity contribution in [1.29, 1.82) is 0 Å². The average molecular weight is 614 g/mol. The number of carbonyl (C=O) groups excluding carboxylic acids is 1. The third-order valence-electron chi connectivity index (χ3n) is 8.21. The van der Waals surface area contributed by atoms with Gasteiger partial charge in [-0.05, 0) is 30.9 Å². The summed E-state index contributed by atoms with van der Waals surface area (Å²) in [5.41, 5.74) is 7.76. The number of nitrogens with two attached hydrogens (primary N) is 1. The number of nitrogens with one attached hydrogen (secondary N) is 2. The van der Waals surface area contributed by atoms with Crippen molar-refractivity contribution in [3.8, 4) is 0 Å². The lowest BCUT2D eigenvalue weighted by molar-refractivity contribution is -0.180.